The monoisotopic (exact) mass is 541 g/mol. The smallest absolute Gasteiger partial charge is 0.258 e. The van der Waals surface area contributed by atoms with Crippen LogP contribution in [0.1, 0.15) is 57.9 Å². The zero-order chi connectivity index (χ0) is 27.4. The summed E-state index contributed by atoms with van der Waals surface area (Å²) in [6.45, 7) is 5.92. The molecule has 5 rings (SSSR count). The van der Waals surface area contributed by atoms with E-state index in [9.17, 15) is 4.79 Å². The molecule has 6 heteroatoms. The predicted octanol–water partition coefficient (Wildman–Crippen LogP) is 7.79. The van der Waals surface area contributed by atoms with Crippen molar-refractivity contribution in [3.05, 3.63) is 123 Å². The second-order valence-corrected chi connectivity index (χ2v) is 10.4. The largest absolute Gasteiger partial charge is 0.495 e. The zero-order valence-corrected chi connectivity index (χ0v) is 23.2. The molecule has 0 bridgehead atoms. The van der Waals surface area contributed by atoms with Gasteiger partial charge in [-0.1, -0.05) is 86.1 Å². The molecule has 0 aliphatic carbocycles. The van der Waals surface area contributed by atoms with E-state index in [4.69, 9.17) is 25.8 Å². The quantitative estimate of drug-likeness (QED) is 0.217. The summed E-state index contributed by atoms with van der Waals surface area (Å²) in [5.74, 6) is 1.88. The van der Waals surface area contributed by atoms with Crippen LogP contribution in [0.2, 0.25) is 5.02 Å². The van der Waals surface area contributed by atoms with E-state index in [1.165, 1.54) is 0 Å². The third kappa shape index (κ3) is 6.04. The van der Waals surface area contributed by atoms with E-state index >= 15 is 0 Å². The van der Waals surface area contributed by atoms with Crippen LogP contribution in [0.3, 0.4) is 0 Å². The standard InChI is InChI=1S/C33H32ClNO4/c1-22(2)27-16-28(33(36)35-18-25-14-29(34)32(37-3)15-26(25)19-35)31(39-21-24-12-8-5-9-13-24)17-30(27)38-20-23-10-6-4-7-11-23/h4-17,22H,18-21H2,1-3H3. The highest BCUT2D eigenvalue weighted by atomic mass is 35.5. The van der Waals surface area contributed by atoms with Gasteiger partial charge in [-0.15, -0.1) is 0 Å². The lowest BCUT2D eigenvalue weighted by Gasteiger charge is -2.22. The molecule has 4 aromatic carbocycles. The summed E-state index contributed by atoms with van der Waals surface area (Å²) in [4.78, 5) is 15.8. The summed E-state index contributed by atoms with van der Waals surface area (Å²) < 4.78 is 18.0. The van der Waals surface area contributed by atoms with Crippen LogP contribution in [0.15, 0.2) is 84.9 Å². The fourth-order valence-corrected chi connectivity index (χ4v) is 5.04. The lowest BCUT2D eigenvalue weighted by molar-refractivity contribution is 0.0746. The van der Waals surface area contributed by atoms with Crippen LogP contribution in [0.5, 0.6) is 17.2 Å². The first kappa shape index (κ1) is 26.6. The number of carbonyl (C=O) groups is 1. The molecule has 0 fully saturated rings. The van der Waals surface area contributed by atoms with Gasteiger partial charge in [-0.3, -0.25) is 4.79 Å². The van der Waals surface area contributed by atoms with Gasteiger partial charge in [-0.2, -0.15) is 0 Å². The van der Waals surface area contributed by atoms with Crippen molar-refractivity contribution < 1.29 is 19.0 Å². The number of halogens is 1. The van der Waals surface area contributed by atoms with Gasteiger partial charge < -0.3 is 19.1 Å². The molecule has 0 radical (unpaired) electrons. The fourth-order valence-electron chi connectivity index (χ4n) is 4.78. The molecule has 39 heavy (non-hydrogen) atoms. The Kier molecular flexibility index (Phi) is 8.08. The molecule has 0 saturated carbocycles. The lowest BCUT2D eigenvalue weighted by atomic mass is 9.98. The SMILES string of the molecule is COc1cc2c(cc1Cl)CN(C(=O)c1cc(C(C)C)c(OCc3ccccc3)cc1OCc1ccccc1)C2. The van der Waals surface area contributed by atoms with Gasteiger partial charge >= 0.3 is 0 Å². The van der Waals surface area contributed by atoms with E-state index in [2.05, 4.69) is 13.8 Å². The van der Waals surface area contributed by atoms with Crippen molar-refractivity contribution in [3.8, 4) is 17.2 Å². The first-order valence-corrected chi connectivity index (χ1v) is 13.5. The predicted molar refractivity (Wildman–Crippen MR) is 154 cm³/mol. The van der Waals surface area contributed by atoms with Crippen LogP contribution in [0.4, 0.5) is 0 Å². The fraction of sp³-hybridized carbons (Fsp3) is 0.242. The molecule has 0 atom stereocenters. The number of methoxy groups -OCH3 is 1. The molecule has 0 unspecified atom stereocenters. The van der Waals surface area contributed by atoms with Gasteiger partial charge in [-0.05, 0) is 51.9 Å². The second kappa shape index (κ2) is 11.8. The number of benzene rings is 4. The summed E-state index contributed by atoms with van der Waals surface area (Å²) in [7, 11) is 1.59. The van der Waals surface area contributed by atoms with E-state index in [1.807, 2.05) is 89.8 Å². The summed E-state index contributed by atoms with van der Waals surface area (Å²) in [6, 6.07) is 27.6. The average molecular weight is 542 g/mol. The number of nitrogens with zero attached hydrogens (tertiary/aromatic N) is 1. The van der Waals surface area contributed by atoms with Crippen LogP contribution in [-0.2, 0) is 26.3 Å². The highest BCUT2D eigenvalue weighted by Crippen LogP contribution is 2.38. The Hall–Kier alpha value is -3.96. The summed E-state index contributed by atoms with van der Waals surface area (Å²) in [5.41, 5.74) is 5.63. The number of fused-ring (bicyclic) bond motifs is 1. The van der Waals surface area contributed by atoms with Crippen LogP contribution in [-0.4, -0.2) is 17.9 Å². The van der Waals surface area contributed by atoms with Crippen molar-refractivity contribution in [2.45, 2.75) is 46.1 Å². The minimum Gasteiger partial charge on any atom is -0.495 e. The molecule has 4 aromatic rings. The normalized spacial score (nSPS) is 12.4. The Labute approximate surface area is 234 Å². The maximum Gasteiger partial charge on any atom is 0.258 e. The Bertz CT molecular complexity index is 1450. The van der Waals surface area contributed by atoms with Crippen LogP contribution < -0.4 is 14.2 Å². The molecule has 1 heterocycles. The van der Waals surface area contributed by atoms with Crippen molar-refractivity contribution in [3.63, 3.8) is 0 Å². The number of hydrogen-bond acceptors (Lipinski definition) is 4. The van der Waals surface area contributed by atoms with Crippen molar-refractivity contribution in [1.82, 2.24) is 4.90 Å². The van der Waals surface area contributed by atoms with Gasteiger partial charge in [0.05, 0.1) is 17.7 Å². The Morgan fingerprint density at radius 1 is 0.795 bits per heavy atom. The van der Waals surface area contributed by atoms with Gasteiger partial charge in [0.1, 0.15) is 30.5 Å². The molecule has 200 valence electrons. The van der Waals surface area contributed by atoms with Crippen molar-refractivity contribution in [1.29, 1.82) is 0 Å². The molecular weight excluding hydrogens is 510 g/mol. The molecule has 0 aromatic heterocycles. The molecule has 1 aliphatic rings. The van der Waals surface area contributed by atoms with E-state index in [-0.39, 0.29) is 11.8 Å². The average Bonchev–Trinajstić information content (AvgIpc) is 3.37. The van der Waals surface area contributed by atoms with Gasteiger partial charge in [-0.25, -0.2) is 0 Å². The molecule has 1 aliphatic heterocycles. The minimum atomic E-state index is -0.0964. The molecule has 1 amide bonds. The molecule has 5 nitrogen and oxygen atoms in total. The van der Waals surface area contributed by atoms with Gasteiger partial charge in [0.2, 0.25) is 0 Å². The third-order valence-electron chi connectivity index (χ3n) is 6.92. The summed E-state index contributed by atoms with van der Waals surface area (Å²) in [6.07, 6.45) is 0. The van der Waals surface area contributed by atoms with Crippen LogP contribution >= 0.6 is 11.6 Å². The lowest BCUT2D eigenvalue weighted by Crippen LogP contribution is -2.26. The number of hydrogen-bond donors (Lipinski definition) is 0. The summed E-state index contributed by atoms with van der Waals surface area (Å²) >= 11 is 6.36. The zero-order valence-electron chi connectivity index (χ0n) is 22.4. The van der Waals surface area contributed by atoms with Gasteiger partial charge in [0.25, 0.3) is 5.91 Å². The first-order chi connectivity index (χ1) is 18.9. The highest BCUT2D eigenvalue weighted by Gasteiger charge is 2.29. The maximum absolute atomic E-state index is 14.0. The van der Waals surface area contributed by atoms with Gasteiger partial charge in [0.15, 0.2) is 0 Å². The Balaban J connectivity index is 1.47. The van der Waals surface area contributed by atoms with E-state index in [0.717, 1.165) is 33.6 Å². The molecular formula is C33H32ClNO4. The third-order valence-corrected chi connectivity index (χ3v) is 7.22. The Morgan fingerprint density at radius 3 is 1.92 bits per heavy atom. The topological polar surface area (TPSA) is 48.0 Å². The molecule has 0 spiro atoms. The maximum atomic E-state index is 14.0. The van der Waals surface area contributed by atoms with E-state index in [0.29, 0.717) is 48.4 Å². The highest BCUT2D eigenvalue weighted by molar-refractivity contribution is 6.32. The molecule has 0 saturated heterocycles. The Morgan fingerprint density at radius 2 is 1.36 bits per heavy atom. The number of rotatable bonds is 9. The van der Waals surface area contributed by atoms with Crippen LogP contribution in [0.25, 0.3) is 0 Å². The number of ether oxygens (including phenoxy) is 3. The minimum absolute atomic E-state index is 0.0964. The van der Waals surface area contributed by atoms with Crippen molar-refractivity contribution >= 4 is 17.5 Å². The van der Waals surface area contributed by atoms with Crippen LogP contribution in [0, 0.1) is 0 Å². The number of amides is 1. The first-order valence-electron chi connectivity index (χ1n) is 13.1. The molecule has 0 N–H and O–H groups in total. The van der Waals surface area contributed by atoms with Gasteiger partial charge in [0, 0.05) is 19.2 Å². The van der Waals surface area contributed by atoms with E-state index < -0.39 is 0 Å². The second-order valence-electron chi connectivity index (χ2n) is 10.0. The number of carbonyl (C=O) groups excluding carboxylic acids is 1. The van der Waals surface area contributed by atoms with E-state index in [1.54, 1.807) is 7.11 Å². The summed E-state index contributed by atoms with van der Waals surface area (Å²) in [5, 5.41) is 0.541. The van der Waals surface area contributed by atoms with Crippen molar-refractivity contribution in [2.24, 2.45) is 0 Å². The van der Waals surface area contributed by atoms with Crippen molar-refractivity contribution in [2.75, 3.05) is 7.11 Å².